The molecule has 3 aromatic heterocycles. The fourth-order valence-electron chi connectivity index (χ4n) is 5.14. The van der Waals surface area contributed by atoms with Crippen molar-refractivity contribution < 1.29 is 14.6 Å². The molecule has 1 N–H and O–H groups in total. The SMILES string of the molecule is O=C(O)c1cn(-c2ccnc(N3CCC3)c2)c2cc(N3CCCC3COc3ccccn3)c(Cl)cc2c1=O. The normalized spacial score (nSPS) is 17.0. The van der Waals surface area contributed by atoms with E-state index in [4.69, 9.17) is 16.3 Å². The van der Waals surface area contributed by atoms with Gasteiger partial charge in [0, 0.05) is 55.7 Å². The number of hydrogen-bond acceptors (Lipinski definition) is 7. The maximum atomic E-state index is 13.2. The molecule has 5 heterocycles. The molecular weight excluding hydrogens is 506 g/mol. The van der Waals surface area contributed by atoms with E-state index in [2.05, 4.69) is 19.8 Å². The summed E-state index contributed by atoms with van der Waals surface area (Å²) in [6.45, 7) is 3.09. The molecule has 6 rings (SSSR count). The molecule has 1 unspecified atom stereocenters. The first-order valence-electron chi connectivity index (χ1n) is 12.6. The lowest BCUT2D eigenvalue weighted by molar-refractivity contribution is 0.0695. The minimum absolute atomic E-state index is 0.0735. The van der Waals surface area contributed by atoms with Crippen LogP contribution in [0.2, 0.25) is 5.02 Å². The third-order valence-corrected chi connectivity index (χ3v) is 7.54. The van der Waals surface area contributed by atoms with E-state index in [9.17, 15) is 14.7 Å². The first kappa shape index (κ1) is 24.2. The zero-order valence-corrected chi connectivity index (χ0v) is 21.3. The molecule has 1 aromatic carbocycles. The Kier molecular flexibility index (Phi) is 6.37. The fourth-order valence-corrected chi connectivity index (χ4v) is 5.41. The van der Waals surface area contributed by atoms with Gasteiger partial charge in [0.2, 0.25) is 11.3 Å². The van der Waals surface area contributed by atoms with E-state index in [0.717, 1.165) is 56.1 Å². The van der Waals surface area contributed by atoms with Gasteiger partial charge in [-0.1, -0.05) is 17.7 Å². The molecule has 2 aliphatic rings. The molecule has 0 saturated carbocycles. The van der Waals surface area contributed by atoms with E-state index in [-0.39, 0.29) is 17.0 Å². The lowest BCUT2D eigenvalue weighted by Gasteiger charge is -2.32. The summed E-state index contributed by atoms with van der Waals surface area (Å²) < 4.78 is 7.70. The number of halogens is 1. The highest BCUT2D eigenvalue weighted by Gasteiger charge is 2.28. The van der Waals surface area contributed by atoms with Crippen LogP contribution in [0.15, 0.2) is 65.8 Å². The average molecular weight is 532 g/mol. The summed E-state index contributed by atoms with van der Waals surface area (Å²) in [7, 11) is 0. The lowest BCUT2D eigenvalue weighted by Crippen LogP contribution is -2.37. The van der Waals surface area contributed by atoms with Gasteiger partial charge < -0.3 is 24.2 Å². The van der Waals surface area contributed by atoms with Gasteiger partial charge in [-0.3, -0.25) is 4.79 Å². The Hall–Kier alpha value is -4.11. The molecule has 0 radical (unpaired) electrons. The highest BCUT2D eigenvalue weighted by Crippen LogP contribution is 2.36. The van der Waals surface area contributed by atoms with Crippen molar-refractivity contribution in [1.82, 2.24) is 14.5 Å². The highest BCUT2D eigenvalue weighted by molar-refractivity contribution is 6.34. The fraction of sp³-hybridized carbons (Fsp3) is 0.286. The second-order valence-electron chi connectivity index (χ2n) is 9.55. The molecule has 2 aliphatic heterocycles. The van der Waals surface area contributed by atoms with Crippen LogP contribution >= 0.6 is 11.6 Å². The number of fused-ring (bicyclic) bond motifs is 1. The monoisotopic (exact) mass is 531 g/mol. The van der Waals surface area contributed by atoms with Crippen LogP contribution in [0, 0.1) is 0 Å². The zero-order valence-electron chi connectivity index (χ0n) is 20.6. The predicted molar refractivity (Wildman–Crippen MR) is 146 cm³/mol. The third-order valence-electron chi connectivity index (χ3n) is 7.24. The van der Waals surface area contributed by atoms with E-state index >= 15 is 0 Å². The number of carbonyl (C=O) groups is 1. The van der Waals surface area contributed by atoms with E-state index in [1.165, 1.54) is 6.20 Å². The quantitative estimate of drug-likeness (QED) is 0.375. The van der Waals surface area contributed by atoms with E-state index in [1.54, 1.807) is 23.0 Å². The molecule has 0 spiro atoms. The van der Waals surface area contributed by atoms with Gasteiger partial charge in [0.15, 0.2) is 0 Å². The molecule has 10 heteroatoms. The Bertz CT molecular complexity index is 1570. The van der Waals surface area contributed by atoms with Crippen LogP contribution in [0.4, 0.5) is 11.5 Å². The summed E-state index contributed by atoms with van der Waals surface area (Å²) in [4.78, 5) is 38.2. The van der Waals surface area contributed by atoms with E-state index < -0.39 is 11.4 Å². The van der Waals surface area contributed by atoms with Gasteiger partial charge >= 0.3 is 5.97 Å². The summed E-state index contributed by atoms with van der Waals surface area (Å²) in [6, 6.07) is 12.8. The number of aromatic nitrogens is 3. The molecule has 2 saturated heterocycles. The van der Waals surface area contributed by atoms with Gasteiger partial charge in [-0.2, -0.15) is 0 Å². The number of hydrogen-bond donors (Lipinski definition) is 1. The van der Waals surface area contributed by atoms with Crippen LogP contribution in [0.3, 0.4) is 0 Å². The largest absolute Gasteiger partial charge is 0.477 e. The van der Waals surface area contributed by atoms with Crippen molar-refractivity contribution in [3.63, 3.8) is 0 Å². The Morgan fingerprint density at radius 2 is 1.95 bits per heavy atom. The van der Waals surface area contributed by atoms with Crippen molar-refractivity contribution >= 4 is 40.0 Å². The third kappa shape index (κ3) is 4.43. The molecule has 0 bridgehead atoms. The number of rotatable bonds is 7. The Morgan fingerprint density at radius 3 is 2.68 bits per heavy atom. The molecule has 1 atom stereocenters. The Balaban J connectivity index is 1.44. The van der Waals surface area contributed by atoms with Gasteiger partial charge in [0.1, 0.15) is 18.0 Å². The number of pyridine rings is 3. The Labute approximate surface area is 223 Å². The molecule has 9 nitrogen and oxygen atoms in total. The van der Waals surface area contributed by atoms with Crippen LogP contribution < -0.4 is 20.0 Å². The molecule has 2 fully saturated rings. The van der Waals surface area contributed by atoms with Gasteiger partial charge in [-0.15, -0.1) is 0 Å². The molecule has 4 aromatic rings. The summed E-state index contributed by atoms with van der Waals surface area (Å²) >= 11 is 6.75. The number of carboxylic acid groups (broad SMARTS) is 1. The van der Waals surface area contributed by atoms with Crippen molar-refractivity contribution in [3.05, 3.63) is 81.9 Å². The number of aromatic carboxylic acids is 1. The molecule has 0 amide bonds. The number of benzene rings is 1. The number of ether oxygens (including phenoxy) is 1. The van der Waals surface area contributed by atoms with Crippen molar-refractivity contribution in [2.45, 2.75) is 25.3 Å². The van der Waals surface area contributed by atoms with Crippen LogP contribution in [-0.2, 0) is 0 Å². The summed E-state index contributed by atoms with van der Waals surface area (Å²) in [5.74, 6) is 0.0989. The standard InChI is InChI=1S/C28H26ClN5O4/c29-22-14-20-23(15-24(22)33-12-3-5-19(33)17-38-26-6-1-2-8-31-26)34(16-21(27(20)35)28(36)37)18-7-9-30-25(13-18)32-10-4-11-32/h1-2,6-9,13-16,19H,3-5,10-12,17H2,(H,36,37). The maximum Gasteiger partial charge on any atom is 0.341 e. The molecule has 194 valence electrons. The first-order chi connectivity index (χ1) is 18.5. The van der Waals surface area contributed by atoms with Crippen molar-refractivity contribution in [3.8, 4) is 11.6 Å². The smallest absolute Gasteiger partial charge is 0.341 e. The van der Waals surface area contributed by atoms with Crippen LogP contribution in [0.1, 0.15) is 29.6 Å². The summed E-state index contributed by atoms with van der Waals surface area (Å²) in [5, 5.41) is 10.4. The average Bonchev–Trinajstić information content (AvgIpc) is 3.36. The minimum Gasteiger partial charge on any atom is -0.477 e. The second kappa shape index (κ2) is 9.98. The predicted octanol–water partition coefficient (Wildman–Crippen LogP) is 4.39. The number of carboxylic acids is 1. The summed E-state index contributed by atoms with van der Waals surface area (Å²) in [6.07, 6.45) is 7.80. The van der Waals surface area contributed by atoms with Crippen molar-refractivity contribution in [2.24, 2.45) is 0 Å². The zero-order chi connectivity index (χ0) is 26.2. The lowest BCUT2D eigenvalue weighted by atomic mass is 10.1. The molecule has 38 heavy (non-hydrogen) atoms. The van der Waals surface area contributed by atoms with Crippen LogP contribution in [-0.4, -0.2) is 57.9 Å². The van der Waals surface area contributed by atoms with Gasteiger partial charge in [-0.05, 0) is 43.5 Å². The molecule has 0 aliphatic carbocycles. The highest BCUT2D eigenvalue weighted by atomic mass is 35.5. The minimum atomic E-state index is -1.28. The number of nitrogens with zero attached hydrogens (tertiary/aromatic N) is 5. The Morgan fingerprint density at radius 1 is 1.08 bits per heavy atom. The van der Waals surface area contributed by atoms with E-state index in [0.29, 0.717) is 23.0 Å². The van der Waals surface area contributed by atoms with Gasteiger partial charge in [0.05, 0.1) is 28.0 Å². The summed E-state index contributed by atoms with van der Waals surface area (Å²) in [5.41, 5.74) is 1.20. The van der Waals surface area contributed by atoms with Crippen LogP contribution in [0.5, 0.6) is 5.88 Å². The van der Waals surface area contributed by atoms with Gasteiger partial charge in [-0.25, -0.2) is 14.8 Å². The number of anilines is 2. The second-order valence-corrected chi connectivity index (χ2v) is 9.96. The molecular formula is C28H26ClN5O4. The topological polar surface area (TPSA) is 101 Å². The van der Waals surface area contributed by atoms with Gasteiger partial charge in [0.25, 0.3) is 0 Å². The van der Waals surface area contributed by atoms with Crippen molar-refractivity contribution in [2.75, 3.05) is 36.0 Å². The maximum absolute atomic E-state index is 13.2. The van der Waals surface area contributed by atoms with Crippen molar-refractivity contribution in [1.29, 1.82) is 0 Å². The first-order valence-corrected chi connectivity index (χ1v) is 13.0. The van der Waals surface area contributed by atoms with E-state index in [1.807, 2.05) is 36.4 Å². The van der Waals surface area contributed by atoms with Crippen LogP contribution in [0.25, 0.3) is 16.6 Å².